The Kier molecular flexibility index (Phi) is 5.13. The predicted octanol–water partition coefficient (Wildman–Crippen LogP) is 3.09. The SMILES string of the molecule is CNc1cc(Nc2cc(F)cc3c2O[C@@H]2CCC[C@@H]2O3)nc2c(C(=O)NN3CCCC3)cnn12. The van der Waals surface area contributed by atoms with Crippen LogP contribution in [0.1, 0.15) is 42.5 Å². The van der Waals surface area contributed by atoms with Crippen molar-refractivity contribution in [3.8, 4) is 11.5 Å². The fraction of sp³-hybridized carbons (Fsp3) is 0.435. The Balaban J connectivity index is 1.35. The molecule has 10 nitrogen and oxygen atoms in total. The molecule has 0 unspecified atom stereocenters. The maximum atomic E-state index is 14.4. The summed E-state index contributed by atoms with van der Waals surface area (Å²) in [5.74, 6) is 1.18. The zero-order chi connectivity index (χ0) is 23.2. The van der Waals surface area contributed by atoms with Crippen LogP contribution in [-0.4, -0.2) is 57.9 Å². The smallest absolute Gasteiger partial charge is 0.271 e. The minimum Gasteiger partial charge on any atom is -0.482 e. The molecule has 1 saturated heterocycles. The second-order valence-electron chi connectivity index (χ2n) is 8.85. The summed E-state index contributed by atoms with van der Waals surface area (Å²) >= 11 is 0. The Morgan fingerprint density at radius 2 is 1.91 bits per heavy atom. The van der Waals surface area contributed by atoms with Gasteiger partial charge in [0.2, 0.25) is 0 Å². The lowest BCUT2D eigenvalue weighted by molar-refractivity contribution is 0.0433. The number of ether oxygens (including phenoxy) is 2. The summed E-state index contributed by atoms with van der Waals surface area (Å²) in [6, 6.07) is 4.45. The largest absolute Gasteiger partial charge is 0.482 e. The monoisotopic (exact) mass is 467 g/mol. The molecule has 3 aliphatic rings. The van der Waals surface area contributed by atoms with Crippen molar-refractivity contribution >= 4 is 28.9 Å². The number of nitrogens with one attached hydrogen (secondary N) is 3. The van der Waals surface area contributed by atoms with Gasteiger partial charge in [-0.3, -0.25) is 10.2 Å². The molecule has 0 bridgehead atoms. The number of benzene rings is 1. The second-order valence-corrected chi connectivity index (χ2v) is 8.85. The van der Waals surface area contributed by atoms with Gasteiger partial charge in [-0.05, 0) is 32.1 Å². The Bertz CT molecular complexity index is 1260. The molecule has 4 heterocycles. The molecule has 6 rings (SSSR count). The maximum Gasteiger partial charge on any atom is 0.271 e. The minimum atomic E-state index is -0.439. The molecule has 0 spiro atoms. The normalized spacial score (nSPS) is 21.5. The molecule has 2 fully saturated rings. The topological polar surface area (TPSA) is 105 Å². The van der Waals surface area contributed by atoms with Crippen molar-refractivity contribution in [2.45, 2.75) is 44.3 Å². The van der Waals surface area contributed by atoms with E-state index in [-0.39, 0.29) is 18.1 Å². The third kappa shape index (κ3) is 3.65. The molecule has 11 heteroatoms. The minimum absolute atomic E-state index is 0.0439. The summed E-state index contributed by atoms with van der Waals surface area (Å²) in [5.41, 5.74) is 4.07. The Hall–Kier alpha value is -3.60. The van der Waals surface area contributed by atoms with E-state index in [1.54, 1.807) is 17.6 Å². The summed E-state index contributed by atoms with van der Waals surface area (Å²) in [4.78, 5) is 17.5. The highest BCUT2D eigenvalue weighted by Crippen LogP contribution is 2.45. The number of fused-ring (bicyclic) bond motifs is 3. The standard InChI is InChI=1S/C23H26FN7O3/c1-25-20-11-19(28-22-14(12-26-31(20)22)23(32)29-30-7-2-3-8-30)27-15-9-13(24)10-18-21(15)34-17-6-4-5-16(17)33-18/h9-12,16-17,25H,2-8H2,1H3,(H,27,28)(H,29,32)/t16-,17+/m0/s1. The van der Waals surface area contributed by atoms with E-state index in [4.69, 9.17) is 9.47 Å². The molecule has 1 aliphatic carbocycles. The van der Waals surface area contributed by atoms with Crippen molar-refractivity contribution in [1.82, 2.24) is 25.0 Å². The zero-order valence-corrected chi connectivity index (χ0v) is 18.8. The number of aromatic nitrogens is 3. The van der Waals surface area contributed by atoms with Crippen LogP contribution >= 0.6 is 0 Å². The average molecular weight is 468 g/mol. The van der Waals surface area contributed by atoms with Gasteiger partial charge in [-0.2, -0.15) is 9.61 Å². The van der Waals surface area contributed by atoms with E-state index in [1.165, 1.54) is 18.3 Å². The van der Waals surface area contributed by atoms with E-state index in [2.05, 4.69) is 26.1 Å². The van der Waals surface area contributed by atoms with Crippen LogP contribution in [0.4, 0.5) is 21.7 Å². The van der Waals surface area contributed by atoms with Gasteiger partial charge in [-0.15, -0.1) is 0 Å². The number of amides is 1. The lowest BCUT2D eigenvalue weighted by Crippen LogP contribution is -2.40. The van der Waals surface area contributed by atoms with Crippen LogP contribution < -0.4 is 25.5 Å². The van der Waals surface area contributed by atoms with Crippen molar-refractivity contribution in [2.75, 3.05) is 30.8 Å². The second kappa shape index (κ2) is 8.32. The van der Waals surface area contributed by atoms with E-state index < -0.39 is 5.82 Å². The first-order valence-corrected chi connectivity index (χ1v) is 11.7. The molecule has 3 N–H and O–H groups in total. The van der Waals surface area contributed by atoms with Crippen LogP contribution in [0.3, 0.4) is 0 Å². The van der Waals surface area contributed by atoms with Crippen molar-refractivity contribution < 1.29 is 18.7 Å². The molecule has 1 amide bonds. The van der Waals surface area contributed by atoms with Crippen LogP contribution in [0.25, 0.3) is 5.65 Å². The number of rotatable bonds is 5. The summed E-state index contributed by atoms with van der Waals surface area (Å²) in [7, 11) is 1.76. The molecule has 2 aliphatic heterocycles. The van der Waals surface area contributed by atoms with Gasteiger partial charge in [-0.1, -0.05) is 0 Å². The van der Waals surface area contributed by atoms with Gasteiger partial charge in [0.15, 0.2) is 17.1 Å². The number of anilines is 3. The number of hydrogen-bond acceptors (Lipinski definition) is 8. The van der Waals surface area contributed by atoms with Gasteiger partial charge in [-0.25, -0.2) is 14.4 Å². The number of carbonyl (C=O) groups excluding carboxylic acids is 1. The summed E-state index contributed by atoms with van der Waals surface area (Å²) in [5, 5.41) is 12.5. The average Bonchev–Trinajstić information content (AvgIpc) is 3.57. The van der Waals surface area contributed by atoms with E-state index in [0.29, 0.717) is 40.0 Å². The van der Waals surface area contributed by atoms with E-state index >= 15 is 0 Å². The molecule has 3 aromatic rings. The maximum absolute atomic E-state index is 14.4. The van der Waals surface area contributed by atoms with Gasteiger partial charge >= 0.3 is 0 Å². The lowest BCUT2D eigenvalue weighted by Gasteiger charge is -2.31. The van der Waals surface area contributed by atoms with E-state index in [9.17, 15) is 9.18 Å². The fourth-order valence-electron chi connectivity index (χ4n) is 4.88. The van der Waals surface area contributed by atoms with Crippen LogP contribution in [-0.2, 0) is 0 Å². The fourth-order valence-corrected chi connectivity index (χ4v) is 4.88. The van der Waals surface area contributed by atoms with Gasteiger partial charge in [0, 0.05) is 38.3 Å². The van der Waals surface area contributed by atoms with E-state index in [0.717, 1.165) is 45.2 Å². The van der Waals surface area contributed by atoms with Crippen molar-refractivity contribution in [3.05, 3.63) is 35.8 Å². The highest BCUT2D eigenvalue weighted by molar-refractivity contribution is 5.99. The van der Waals surface area contributed by atoms with Gasteiger partial charge in [0.05, 0.1) is 11.9 Å². The molecule has 1 aromatic carbocycles. The molecule has 34 heavy (non-hydrogen) atoms. The van der Waals surface area contributed by atoms with Crippen LogP contribution in [0.15, 0.2) is 24.4 Å². The van der Waals surface area contributed by atoms with E-state index in [1.807, 2.05) is 5.01 Å². The molecular weight excluding hydrogens is 441 g/mol. The number of hydrazine groups is 1. The number of carbonyl (C=O) groups is 1. The van der Waals surface area contributed by atoms with Crippen LogP contribution in [0.5, 0.6) is 11.5 Å². The van der Waals surface area contributed by atoms with Crippen molar-refractivity contribution in [3.63, 3.8) is 0 Å². The zero-order valence-electron chi connectivity index (χ0n) is 18.8. The summed E-state index contributed by atoms with van der Waals surface area (Å²) < 4.78 is 28.2. The lowest BCUT2D eigenvalue weighted by atomic mass is 10.2. The quantitative estimate of drug-likeness (QED) is 0.526. The third-order valence-electron chi connectivity index (χ3n) is 6.56. The summed E-state index contributed by atoms with van der Waals surface area (Å²) in [6.45, 7) is 1.64. The third-order valence-corrected chi connectivity index (χ3v) is 6.56. The number of hydrogen-bond donors (Lipinski definition) is 3. The number of halogens is 1. The molecular formula is C23H26FN7O3. The van der Waals surface area contributed by atoms with Gasteiger partial charge in [0.25, 0.3) is 5.91 Å². The molecule has 2 aromatic heterocycles. The van der Waals surface area contributed by atoms with Crippen molar-refractivity contribution in [1.29, 1.82) is 0 Å². The molecule has 178 valence electrons. The van der Waals surface area contributed by atoms with Gasteiger partial charge in [0.1, 0.15) is 35.2 Å². The first-order valence-electron chi connectivity index (χ1n) is 11.7. The predicted molar refractivity (Wildman–Crippen MR) is 123 cm³/mol. The first kappa shape index (κ1) is 21.0. The molecule has 2 atom stereocenters. The Morgan fingerprint density at radius 3 is 2.71 bits per heavy atom. The Morgan fingerprint density at radius 1 is 1.12 bits per heavy atom. The number of nitrogens with zero attached hydrogens (tertiary/aromatic N) is 4. The van der Waals surface area contributed by atoms with Crippen LogP contribution in [0, 0.1) is 5.82 Å². The Labute approximate surface area is 195 Å². The first-order chi connectivity index (χ1) is 16.6. The highest BCUT2D eigenvalue weighted by Gasteiger charge is 2.37. The van der Waals surface area contributed by atoms with Crippen molar-refractivity contribution in [2.24, 2.45) is 0 Å². The highest BCUT2D eigenvalue weighted by atomic mass is 19.1. The summed E-state index contributed by atoms with van der Waals surface area (Å²) in [6.07, 6.45) is 6.33. The van der Waals surface area contributed by atoms with Crippen LogP contribution in [0.2, 0.25) is 0 Å². The molecule has 1 saturated carbocycles. The molecule has 0 radical (unpaired) electrons. The van der Waals surface area contributed by atoms with Gasteiger partial charge < -0.3 is 20.1 Å².